The van der Waals surface area contributed by atoms with Crippen molar-refractivity contribution in [3.8, 4) is 11.4 Å². The van der Waals surface area contributed by atoms with Gasteiger partial charge in [-0.15, -0.1) is 0 Å². The number of nitrogens with zero attached hydrogens (tertiary/aromatic N) is 1. The zero-order chi connectivity index (χ0) is 19.3. The number of pyridine rings is 1. The first kappa shape index (κ1) is 18.3. The SMILES string of the molecule is O=C(CCCc1c(-c2ccccn2)[nH]c2ccccc12)Nc1ccc(Cl)cc1. The summed E-state index contributed by atoms with van der Waals surface area (Å²) in [4.78, 5) is 20.3. The van der Waals surface area contributed by atoms with Crippen LogP contribution < -0.4 is 5.32 Å². The third-order valence-corrected chi connectivity index (χ3v) is 4.95. The van der Waals surface area contributed by atoms with Crippen molar-refractivity contribution in [2.75, 3.05) is 5.32 Å². The number of H-pyrrole nitrogens is 1. The van der Waals surface area contributed by atoms with E-state index in [9.17, 15) is 4.79 Å². The predicted octanol–water partition coefficient (Wildman–Crippen LogP) is 5.84. The first-order valence-electron chi connectivity index (χ1n) is 9.27. The Morgan fingerprint density at radius 2 is 1.79 bits per heavy atom. The van der Waals surface area contributed by atoms with Gasteiger partial charge in [-0.25, -0.2) is 0 Å². The zero-order valence-corrected chi connectivity index (χ0v) is 16.0. The lowest BCUT2D eigenvalue weighted by Crippen LogP contribution is -2.11. The van der Waals surface area contributed by atoms with Crippen molar-refractivity contribution in [2.45, 2.75) is 19.3 Å². The number of carbonyl (C=O) groups is 1. The summed E-state index contributed by atoms with van der Waals surface area (Å²) in [7, 11) is 0. The van der Waals surface area contributed by atoms with E-state index >= 15 is 0 Å². The van der Waals surface area contributed by atoms with Crippen LogP contribution in [0.3, 0.4) is 0 Å². The van der Waals surface area contributed by atoms with Crippen molar-refractivity contribution >= 4 is 34.1 Å². The Morgan fingerprint density at radius 1 is 1.00 bits per heavy atom. The van der Waals surface area contributed by atoms with Crippen molar-refractivity contribution in [1.82, 2.24) is 9.97 Å². The number of hydrogen-bond donors (Lipinski definition) is 2. The first-order chi connectivity index (χ1) is 13.7. The molecule has 4 nitrogen and oxygen atoms in total. The number of aryl methyl sites for hydroxylation is 1. The van der Waals surface area contributed by atoms with E-state index in [1.165, 1.54) is 10.9 Å². The lowest BCUT2D eigenvalue weighted by Gasteiger charge is -2.07. The molecule has 0 unspecified atom stereocenters. The van der Waals surface area contributed by atoms with Crippen LogP contribution >= 0.6 is 11.6 Å². The summed E-state index contributed by atoms with van der Waals surface area (Å²) in [5.74, 6) is 0.00144. The van der Waals surface area contributed by atoms with Crippen LogP contribution in [0.1, 0.15) is 18.4 Å². The van der Waals surface area contributed by atoms with Crippen LogP contribution in [-0.4, -0.2) is 15.9 Å². The highest BCUT2D eigenvalue weighted by Gasteiger charge is 2.14. The summed E-state index contributed by atoms with van der Waals surface area (Å²) in [6.45, 7) is 0. The summed E-state index contributed by atoms with van der Waals surface area (Å²) in [6.07, 6.45) is 3.79. The number of aromatic nitrogens is 2. The Balaban J connectivity index is 1.48. The third kappa shape index (κ3) is 4.07. The number of fused-ring (bicyclic) bond motifs is 1. The van der Waals surface area contributed by atoms with Gasteiger partial charge in [0.15, 0.2) is 0 Å². The number of rotatable bonds is 6. The topological polar surface area (TPSA) is 57.8 Å². The molecule has 0 spiro atoms. The van der Waals surface area contributed by atoms with Crippen molar-refractivity contribution in [3.05, 3.63) is 83.5 Å². The molecule has 28 heavy (non-hydrogen) atoms. The van der Waals surface area contributed by atoms with Gasteiger partial charge in [0.25, 0.3) is 0 Å². The van der Waals surface area contributed by atoms with Crippen LogP contribution in [0.25, 0.3) is 22.3 Å². The molecule has 5 heteroatoms. The molecule has 1 amide bonds. The van der Waals surface area contributed by atoms with Gasteiger partial charge in [-0.3, -0.25) is 9.78 Å². The monoisotopic (exact) mass is 389 g/mol. The number of benzene rings is 2. The van der Waals surface area contributed by atoms with Crippen LogP contribution in [0.2, 0.25) is 5.02 Å². The quantitative estimate of drug-likeness (QED) is 0.435. The van der Waals surface area contributed by atoms with Gasteiger partial charge in [0.1, 0.15) is 0 Å². The van der Waals surface area contributed by atoms with Crippen molar-refractivity contribution in [1.29, 1.82) is 0 Å². The summed E-state index contributed by atoms with van der Waals surface area (Å²) in [6, 6.07) is 21.3. The van der Waals surface area contributed by atoms with Crippen LogP contribution in [0.5, 0.6) is 0 Å². The molecule has 0 aliphatic carbocycles. The Bertz CT molecular complexity index is 1090. The van der Waals surface area contributed by atoms with Crippen LogP contribution in [-0.2, 0) is 11.2 Å². The average Bonchev–Trinajstić information content (AvgIpc) is 3.09. The number of carbonyl (C=O) groups excluding carboxylic acids is 1. The van der Waals surface area contributed by atoms with Gasteiger partial charge >= 0.3 is 0 Å². The van der Waals surface area contributed by atoms with Crippen molar-refractivity contribution in [2.24, 2.45) is 0 Å². The van der Waals surface area contributed by atoms with Gasteiger partial charge in [0, 0.05) is 34.2 Å². The number of aromatic amines is 1. The van der Waals surface area contributed by atoms with E-state index in [0.29, 0.717) is 11.4 Å². The van der Waals surface area contributed by atoms with Gasteiger partial charge in [0.2, 0.25) is 5.91 Å². The predicted molar refractivity (Wildman–Crippen MR) is 115 cm³/mol. The molecule has 0 bridgehead atoms. The van der Waals surface area contributed by atoms with Gasteiger partial charge in [-0.2, -0.15) is 0 Å². The molecule has 2 N–H and O–H groups in total. The van der Waals surface area contributed by atoms with E-state index in [1.807, 2.05) is 30.3 Å². The Labute approximate surface area is 168 Å². The highest BCUT2D eigenvalue weighted by atomic mass is 35.5. The fourth-order valence-corrected chi connectivity index (χ4v) is 3.50. The number of halogens is 1. The van der Waals surface area contributed by atoms with E-state index in [4.69, 9.17) is 11.6 Å². The smallest absolute Gasteiger partial charge is 0.224 e. The van der Waals surface area contributed by atoms with Crippen LogP contribution in [0.4, 0.5) is 5.69 Å². The molecule has 0 aliphatic heterocycles. The minimum Gasteiger partial charge on any atom is -0.353 e. The molecule has 2 aromatic carbocycles. The molecular weight excluding hydrogens is 370 g/mol. The Morgan fingerprint density at radius 3 is 2.57 bits per heavy atom. The average molecular weight is 390 g/mol. The lowest BCUT2D eigenvalue weighted by atomic mass is 10.0. The molecule has 4 rings (SSSR count). The van der Waals surface area contributed by atoms with Crippen LogP contribution in [0, 0.1) is 0 Å². The van der Waals surface area contributed by atoms with Gasteiger partial charge in [-0.1, -0.05) is 35.9 Å². The molecule has 4 aromatic rings. The summed E-state index contributed by atoms with van der Waals surface area (Å²) < 4.78 is 0. The first-order valence-corrected chi connectivity index (χ1v) is 9.65. The van der Waals surface area contributed by atoms with Crippen molar-refractivity contribution in [3.63, 3.8) is 0 Å². The summed E-state index contributed by atoms with van der Waals surface area (Å²) in [5, 5.41) is 4.75. The molecule has 0 atom stereocenters. The second-order valence-electron chi connectivity index (χ2n) is 6.65. The maximum Gasteiger partial charge on any atom is 0.224 e. The molecule has 0 aliphatic rings. The lowest BCUT2D eigenvalue weighted by molar-refractivity contribution is -0.116. The fourth-order valence-electron chi connectivity index (χ4n) is 3.37. The number of nitrogens with one attached hydrogen (secondary N) is 2. The Hall–Kier alpha value is -3.11. The molecule has 0 radical (unpaired) electrons. The maximum absolute atomic E-state index is 12.3. The standard InChI is InChI=1S/C23H20ClN3O/c24-16-11-13-17(14-12-16)26-22(28)10-5-7-19-18-6-1-2-8-20(18)27-23(19)21-9-3-4-15-25-21/h1-4,6,8-9,11-15,27H,5,7,10H2,(H,26,28). The molecule has 2 heterocycles. The van der Waals surface area contributed by atoms with E-state index in [0.717, 1.165) is 35.4 Å². The molecule has 2 aromatic heterocycles. The molecule has 0 saturated heterocycles. The molecular formula is C23H20ClN3O. The van der Waals surface area contributed by atoms with E-state index < -0.39 is 0 Å². The maximum atomic E-state index is 12.3. The molecule has 140 valence electrons. The van der Waals surface area contributed by atoms with Crippen LogP contribution in [0.15, 0.2) is 72.9 Å². The fraction of sp³-hybridized carbons (Fsp3) is 0.130. The number of para-hydroxylation sites is 1. The van der Waals surface area contributed by atoms with Gasteiger partial charge < -0.3 is 10.3 Å². The normalized spacial score (nSPS) is 10.9. The second-order valence-corrected chi connectivity index (χ2v) is 7.08. The zero-order valence-electron chi connectivity index (χ0n) is 15.3. The molecule has 0 saturated carbocycles. The van der Waals surface area contributed by atoms with Gasteiger partial charge in [-0.05, 0) is 60.9 Å². The number of amides is 1. The third-order valence-electron chi connectivity index (χ3n) is 4.69. The minimum absolute atomic E-state index is 0.00144. The second kappa shape index (κ2) is 8.28. The van der Waals surface area contributed by atoms with Crippen molar-refractivity contribution < 1.29 is 4.79 Å². The van der Waals surface area contributed by atoms with E-state index in [1.54, 1.807) is 30.5 Å². The van der Waals surface area contributed by atoms with E-state index in [-0.39, 0.29) is 5.91 Å². The number of anilines is 1. The summed E-state index contributed by atoms with van der Waals surface area (Å²) >= 11 is 5.88. The minimum atomic E-state index is 0.00144. The van der Waals surface area contributed by atoms with Gasteiger partial charge in [0.05, 0.1) is 11.4 Å². The molecule has 0 fully saturated rings. The Kier molecular flexibility index (Phi) is 5.40. The highest BCUT2D eigenvalue weighted by molar-refractivity contribution is 6.30. The highest BCUT2D eigenvalue weighted by Crippen LogP contribution is 2.30. The summed E-state index contributed by atoms with van der Waals surface area (Å²) in [5.41, 5.74) is 4.99. The van der Waals surface area contributed by atoms with E-state index in [2.05, 4.69) is 27.4 Å². The number of hydrogen-bond acceptors (Lipinski definition) is 2. The largest absolute Gasteiger partial charge is 0.353 e.